The van der Waals surface area contributed by atoms with Crippen molar-refractivity contribution in [2.75, 3.05) is 20.7 Å². The molecule has 5 nitrogen and oxygen atoms in total. The molecule has 1 fully saturated rings. The average molecular weight is 249 g/mol. The van der Waals surface area contributed by atoms with E-state index in [1.54, 1.807) is 30.1 Å². The minimum absolute atomic E-state index is 0.0476. The number of likely N-dealkylation sites (N-methyl/N-ethyl adjacent to an activating group) is 1. The second-order valence-electron chi connectivity index (χ2n) is 4.18. The summed E-state index contributed by atoms with van der Waals surface area (Å²) in [7, 11) is 3.26. The summed E-state index contributed by atoms with van der Waals surface area (Å²) in [5, 5.41) is 0. The van der Waals surface area contributed by atoms with Crippen LogP contribution in [0, 0.1) is 0 Å². The van der Waals surface area contributed by atoms with Gasteiger partial charge in [-0.3, -0.25) is 9.59 Å². The van der Waals surface area contributed by atoms with Gasteiger partial charge >= 0.3 is 0 Å². The van der Waals surface area contributed by atoms with E-state index in [2.05, 4.69) is 0 Å². The molecule has 0 N–H and O–H groups in total. The third-order valence-electron chi connectivity index (χ3n) is 2.97. The maximum atomic E-state index is 11.8. The van der Waals surface area contributed by atoms with E-state index < -0.39 is 6.10 Å². The summed E-state index contributed by atoms with van der Waals surface area (Å²) < 4.78 is 10.8. The summed E-state index contributed by atoms with van der Waals surface area (Å²) in [4.78, 5) is 24.1. The molecule has 1 heterocycles. The minimum atomic E-state index is -0.495. The predicted octanol–water partition coefficient (Wildman–Crippen LogP) is 1.12. The van der Waals surface area contributed by atoms with Crippen LogP contribution >= 0.6 is 0 Å². The summed E-state index contributed by atoms with van der Waals surface area (Å²) in [6.07, 6.45) is 0.879. The number of carbonyl (C=O) groups is 2. The third-order valence-corrected chi connectivity index (χ3v) is 2.97. The van der Waals surface area contributed by atoms with Crippen LogP contribution in [0.3, 0.4) is 0 Å². The van der Waals surface area contributed by atoms with Gasteiger partial charge < -0.3 is 14.4 Å². The molecule has 2 rings (SSSR count). The van der Waals surface area contributed by atoms with Crippen molar-refractivity contribution in [1.82, 2.24) is 4.90 Å². The molecular weight excluding hydrogens is 234 g/mol. The zero-order valence-electron chi connectivity index (χ0n) is 10.4. The highest BCUT2D eigenvalue weighted by Crippen LogP contribution is 2.30. The molecule has 0 spiro atoms. The first-order chi connectivity index (χ1) is 8.65. The van der Waals surface area contributed by atoms with Crippen LogP contribution in [0.1, 0.15) is 16.8 Å². The Morgan fingerprint density at radius 1 is 1.39 bits per heavy atom. The van der Waals surface area contributed by atoms with Gasteiger partial charge in [0.1, 0.15) is 6.29 Å². The minimum Gasteiger partial charge on any atom is -0.493 e. The fourth-order valence-corrected chi connectivity index (χ4v) is 1.91. The van der Waals surface area contributed by atoms with E-state index in [0.717, 1.165) is 6.29 Å². The number of hydrogen-bond donors (Lipinski definition) is 0. The second-order valence-corrected chi connectivity index (χ2v) is 4.18. The van der Waals surface area contributed by atoms with Crippen LogP contribution in [0.5, 0.6) is 11.5 Å². The van der Waals surface area contributed by atoms with Crippen LogP contribution in [0.2, 0.25) is 0 Å². The van der Waals surface area contributed by atoms with E-state index in [9.17, 15) is 9.59 Å². The Bertz CT molecular complexity index is 472. The largest absolute Gasteiger partial charge is 0.493 e. The van der Waals surface area contributed by atoms with E-state index >= 15 is 0 Å². The molecule has 1 aromatic carbocycles. The molecule has 0 aliphatic carbocycles. The third kappa shape index (κ3) is 2.30. The van der Waals surface area contributed by atoms with Crippen molar-refractivity contribution in [3.8, 4) is 11.5 Å². The Kier molecular flexibility index (Phi) is 3.50. The van der Waals surface area contributed by atoms with E-state index in [1.807, 2.05) is 0 Å². The number of amides is 1. The normalized spacial score (nSPS) is 18.9. The number of benzene rings is 1. The van der Waals surface area contributed by atoms with Crippen molar-refractivity contribution in [2.24, 2.45) is 0 Å². The fourth-order valence-electron chi connectivity index (χ4n) is 1.91. The van der Waals surface area contributed by atoms with Crippen LogP contribution in [0.4, 0.5) is 0 Å². The van der Waals surface area contributed by atoms with Gasteiger partial charge in [0, 0.05) is 25.6 Å². The average Bonchev–Trinajstić information content (AvgIpc) is 2.70. The van der Waals surface area contributed by atoms with E-state index in [1.165, 1.54) is 7.11 Å². The summed E-state index contributed by atoms with van der Waals surface area (Å²) in [5.41, 5.74) is 0.490. The molecule has 1 aliphatic heterocycles. The van der Waals surface area contributed by atoms with Gasteiger partial charge in [0.2, 0.25) is 0 Å². The molecule has 1 amide bonds. The quantitative estimate of drug-likeness (QED) is 0.750. The highest BCUT2D eigenvalue weighted by molar-refractivity contribution is 5.83. The Balaban J connectivity index is 2.22. The Hall–Kier alpha value is -2.04. The number of nitrogens with zero attached hydrogens (tertiary/aromatic N) is 1. The number of ether oxygens (including phenoxy) is 2. The molecule has 0 saturated carbocycles. The van der Waals surface area contributed by atoms with Gasteiger partial charge in [0.15, 0.2) is 17.6 Å². The molecule has 96 valence electrons. The fraction of sp³-hybridized carbons (Fsp3) is 0.385. The van der Waals surface area contributed by atoms with Crippen molar-refractivity contribution >= 4 is 12.2 Å². The number of hydrogen-bond acceptors (Lipinski definition) is 4. The molecule has 1 saturated heterocycles. The van der Waals surface area contributed by atoms with Gasteiger partial charge in [-0.1, -0.05) is 0 Å². The zero-order chi connectivity index (χ0) is 13.1. The number of methoxy groups -OCH3 is 1. The lowest BCUT2D eigenvalue weighted by atomic mass is 10.2. The van der Waals surface area contributed by atoms with Gasteiger partial charge in [-0.15, -0.1) is 0 Å². The lowest BCUT2D eigenvalue weighted by molar-refractivity contribution is -0.132. The molecule has 1 unspecified atom stereocenters. The molecule has 0 bridgehead atoms. The van der Waals surface area contributed by atoms with E-state index in [-0.39, 0.29) is 5.91 Å². The lowest BCUT2D eigenvalue weighted by Crippen LogP contribution is -2.29. The zero-order valence-corrected chi connectivity index (χ0v) is 10.4. The van der Waals surface area contributed by atoms with Gasteiger partial charge in [-0.2, -0.15) is 0 Å². The Morgan fingerprint density at radius 2 is 2.17 bits per heavy atom. The highest BCUT2D eigenvalue weighted by atomic mass is 16.5. The summed E-state index contributed by atoms with van der Waals surface area (Å²) in [5.74, 6) is 0.896. The molecular formula is C13H15NO4. The Morgan fingerprint density at radius 3 is 2.72 bits per heavy atom. The van der Waals surface area contributed by atoms with Crippen molar-refractivity contribution in [2.45, 2.75) is 12.5 Å². The Labute approximate surface area is 105 Å². The second kappa shape index (κ2) is 5.08. The molecule has 1 atom stereocenters. The smallest absolute Gasteiger partial charge is 0.263 e. The van der Waals surface area contributed by atoms with E-state index in [4.69, 9.17) is 9.47 Å². The maximum Gasteiger partial charge on any atom is 0.263 e. The summed E-state index contributed by atoms with van der Waals surface area (Å²) >= 11 is 0. The van der Waals surface area contributed by atoms with Gasteiger partial charge in [0.05, 0.1) is 7.11 Å². The molecule has 1 aliphatic rings. The van der Waals surface area contributed by atoms with Gasteiger partial charge in [0.25, 0.3) is 5.91 Å². The molecule has 0 radical (unpaired) electrons. The van der Waals surface area contributed by atoms with Crippen LogP contribution < -0.4 is 9.47 Å². The number of carbonyl (C=O) groups excluding carboxylic acids is 2. The lowest BCUT2D eigenvalue weighted by Gasteiger charge is -2.15. The summed E-state index contributed by atoms with van der Waals surface area (Å²) in [6.45, 7) is 0.680. The van der Waals surface area contributed by atoms with Crippen molar-refractivity contribution in [1.29, 1.82) is 0 Å². The van der Waals surface area contributed by atoms with Crippen molar-refractivity contribution in [3.63, 3.8) is 0 Å². The highest BCUT2D eigenvalue weighted by Gasteiger charge is 2.31. The molecule has 0 aromatic heterocycles. The van der Waals surface area contributed by atoms with E-state index in [0.29, 0.717) is 30.0 Å². The SMILES string of the molecule is COc1ccc(C=O)cc1OC1CCN(C)C1=O. The van der Waals surface area contributed by atoms with Crippen LogP contribution in [0.25, 0.3) is 0 Å². The van der Waals surface area contributed by atoms with Crippen molar-refractivity contribution < 1.29 is 19.1 Å². The topological polar surface area (TPSA) is 55.8 Å². The first-order valence-electron chi connectivity index (χ1n) is 5.70. The molecule has 5 heteroatoms. The maximum absolute atomic E-state index is 11.8. The van der Waals surface area contributed by atoms with Crippen LogP contribution in [-0.2, 0) is 4.79 Å². The van der Waals surface area contributed by atoms with Gasteiger partial charge in [-0.25, -0.2) is 0 Å². The molecule has 1 aromatic rings. The summed E-state index contributed by atoms with van der Waals surface area (Å²) in [6, 6.07) is 4.88. The number of aldehydes is 1. The standard InChI is InChI=1S/C13H15NO4/c1-14-6-5-11(13(14)16)18-12-7-9(8-15)3-4-10(12)17-2/h3-4,7-8,11H,5-6H2,1-2H3. The first kappa shape index (κ1) is 12.4. The first-order valence-corrected chi connectivity index (χ1v) is 5.70. The van der Waals surface area contributed by atoms with Crippen LogP contribution in [-0.4, -0.2) is 43.9 Å². The van der Waals surface area contributed by atoms with Gasteiger partial charge in [-0.05, 0) is 18.2 Å². The van der Waals surface area contributed by atoms with Crippen molar-refractivity contribution in [3.05, 3.63) is 23.8 Å². The number of rotatable bonds is 4. The number of likely N-dealkylation sites (tertiary alicyclic amines) is 1. The predicted molar refractivity (Wildman–Crippen MR) is 65.1 cm³/mol. The molecule has 18 heavy (non-hydrogen) atoms. The monoisotopic (exact) mass is 249 g/mol. The van der Waals surface area contributed by atoms with Crippen LogP contribution in [0.15, 0.2) is 18.2 Å².